The van der Waals surface area contributed by atoms with Crippen molar-refractivity contribution in [2.45, 2.75) is 19.8 Å². The maximum absolute atomic E-state index is 12.0. The van der Waals surface area contributed by atoms with Gasteiger partial charge in [0.25, 0.3) is 0 Å². The number of rotatable bonds is 10. The lowest BCUT2D eigenvalue weighted by atomic mass is 10.1. The summed E-state index contributed by atoms with van der Waals surface area (Å²) >= 11 is 0. The number of nitrogens with one attached hydrogen (secondary N) is 3. The Morgan fingerprint density at radius 2 is 1.97 bits per heavy atom. The van der Waals surface area contributed by atoms with Crippen LogP contribution >= 0.6 is 24.0 Å². The number of hydrogen-bond donors (Lipinski definition) is 3. The molecule has 3 N–H and O–H groups in total. The molecule has 0 aliphatic carbocycles. The van der Waals surface area contributed by atoms with Crippen LogP contribution in [0.1, 0.15) is 18.9 Å². The first-order valence-electron chi connectivity index (χ1n) is 11.3. The van der Waals surface area contributed by atoms with Gasteiger partial charge in [0.2, 0.25) is 5.91 Å². The van der Waals surface area contributed by atoms with Crippen LogP contribution in [0.3, 0.4) is 0 Å². The minimum Gasteiger partial charge on any atom is -0.383 e. The third kappa shape index (κ3) is 7.93. The van der Waals surface area contributed by atoms with E-state index < -0.39 is 0 Å². The highest BCUT2D eigenvalue weighted by molar-refractivity contribution is 14.0. The topological polar surface area (TPSA) is 85.0 Å². The molecule has 1 aromatic carbocycles. The van der Waals surface area contributed by atoms with Crippen LogP contribution in [-0.4, -0.2) is 92.7 Å². The number of H-pyrrole nitrogens is 1. The molecule has 0 bridgehead atoms. The molecule has 2 heterocycles. The molecule has 0 unspecified atom stereocenters. The molecule has 1 aliphatic heterocycles. The molecule has 32 heavy (non-hydrogen) atoms. The quantitative estimate of drug-likeness (QED) is 0.181. The van der Waals surface area contributed by atoms with Gasteiger partial charge >= 0.3 is 0 Å². The van der Waals surface area contributed by atoms with Crippen molar-refractivity contribution in [1.82, 2.24) is 25.4 Å². The molecule has 0 atom stereocenters. The van der Waals surface area contributed by atoms with Gasteiger partial charge in [0.15, 0.2) is 5.96 Å². The maximum atomic E-state index is 12.0. The van der Waals surface area contributed by atoms with Gasteiger partial charge in [0.1, 0.15) is 0 Å². The normalized spacial score (nSPS) is 14.9. The Balaban J connectivity index is 0.00000363. The van der Waals surface area contributed by atoms with Crippen LogP contribution < -0.4 is 10.6 Å². The van der Waals surface area contributed by atoms with Crippen LogP contribution in [0.5, 0.6) is 0 Å². The Kier molecular flexibility index (Phi) is 11.8. The van der Waals surface area contributed by atoms with Gasteiger partial charge in [0, 0.05) is 70.0 Å². The van der Waals surface area contributed by atoms with Crippen LogP contribution in [0.4, 0.5) is 0 Å². The summed E-state index contributed by atoms with van der Waals surface area (Å²) in [5, 5.41) is 7.61. The van der Waals surface area contributed by atoms with Gasteiger partial charge in [-0.25, -0.2) is 0 Å². The lowest BCUT2D eigenvalue weighted by Gasteiger charge is -2.36. The van der Waals surface area contributed by atoms with Crippen LogP contribution in [0.25, 0.3) is 10.9 Å². The monoisotopic (exact) mass is 556 g/mol. The number of aryl methyl sites for hydroxylation is 1. The number of fused-ring (bicyclic) bond motifs is 1. The van der Waals surface area contributed by atoms with Gasteiger partial charge in [-0.05, 0) is 31.4 Å². The van der Waals surface area contributed by atoms with E-state index in [-0.39, 0.29) is 29.9 Å². The minimum atomic E-state index is 0. The lowest BCUT2D eigenvalue weighted by molar-refractivity contribution is -0.122. The van der Waals surface area contributed by atoms with Crippen LogP contribution in [0.15, 0.2) is 35.5 Å². The van der Waals surface area contributed by atoms with E-state index in [0.717, 1.165) is 58.1 Å². The molecule has 3 rings (SSSR count). The molecule has 1 aliphatic rings. The summed E-state index contributed by atoms with van der Waals surface area (Å²) in [6, 6.07) is 8.43. The number of benzene rings is 1. The molecule has 1 aromatic heterocycles. The fourth-order valence-corrected chi connectivity index (χ4v) is 3.89. The second kappa shape index (κ2) is 14.3. The Morgan fingerprint density at radius 1 is 1.19 bits per heavy atom. The van der Waals surface area contributed by atoms with E-state index in [2.05, 4.69) is 62.8 Å². The molecule has 1 saturated heterocycles. The Hall–Kier alpha value is -1.85. The Bertz CT molecular complexity index is 848. The largest absolute Gasteiger partial charge is 0.383 e. The van der Waals surface area contributed by atoms with Crippen molar-refractivity contribution in [3.05, 3.63) is 36.0 Å². The van der Waals surface area contributed by atoms with E-state index in [1.807, 2.05) is 0 Å². The number of aromatic amines is 1. The number of halogens is 1. The van der Waals surface area contributed by atoms with Crippen LogP contribution in [0.2, 0.25) is 0 Å². The molecular weight excluding hydrogens is 519 g/mol. The number of aliphatic imine (C=N–C) groups is 1. The van der Waals surface area contributed by atoms with Gasteiger partial charge in [-0.2, -0.15) is 0 Å². The molecule has 8 nitrogen and oxygen atoms in total. The molecular formula is C23H37IN6O2. The molecule has 1 amide bonds. The van der Waals surface area contributed by atoms with Crippen LogP contribution in [-0.2, 0) is 16.0 Å². The predicted octanol–water partition coefficient (Wildman–Crippen LogP) is 2.06. The number of para-hydroxylation sites is 1. The highest BCUT2D eigenvalue weighted by atomic mass is 127. The third-order valence-electron chi connectivity index (χ3n) is 5.54. The molecule has 0 radical (unpaired) electrons. The summed E-state index contributed by atoms with van der Waals surface area (Å²) < 4.78 is 4.97. The first kappa shape index (κ1) is 26.4. The molecule has 178 valence electrons. The number of piperazine rings is 1. The van der Waals surface area contributed by atoms with E-state index in [4.69, 9.17) is 9.73 Å². The van der Waals surface area contributed by atoms with Crippen molar-refractivity contribution in [2.75, 3.05) is 66.1 Å². The minimum absolute atomic E-state index is 0. The number of aromatic nitrogens is 1. The van der Waals surface area contributed by atoms with Crippen molar-refractivity contribution in [1.29, 1.82) is 0 Å². The van der Waals surface area contributed by atoms with E-state index in [1.165, 1.54) is 16.5 Å². The lowest BCUT2D eigenvalue weighted by Crippen LogP contribution is -2.54. The fourth-order valence-electron chi connectivity index (χ4n) is 3.89. The zero-order valence-corrected chi connectivity index (χ0v) is 21.6. The Labute approximate surface area is 208 Å². The van der Waals surface area contributed by atoms with Crippen molar-refractivity contribution < 1.29 is 9.53 Å². The first-order chi connectivity index (χ1) is 15.2. The molecule has 1 fully saturated rings. The van der Waals surface area contributed by atoms with Crippen molar-refractivity contribution >= 4 is 46.7 Å². The van der Waals surface area contributed by atoms with Gasteiger partial charge in [-0.1, -0.05) is 18.2 Å². The van der Waals surface area contributed by atoms with Gasteiger partial charge in [0.05, 0.1) is 13.2 Å². The van der Waals surface area contributed by atoms with E-state index in [0.29, 0.717) is 19.7 Å². The second-order valence-electron chi connectivity index (χ2n) is 7.80. The number of nitrogens with zero attached hydrogens (tertiary/aromatic N) is 3. The number of carbonyl (C=O) groups is 1. The van der Waals surface area contributed by atoms with Crippen molar-refractivity contribution in [3.63, 3.8) is 0 Å². The summed E-state index contributed by atoms with van der Waals surface area (Å²) in [4.78, 5) is 24.7. The zero-order valence-electron chi connectivity index (χ0n) is 19.2. The smallest absolute Gasteiger partial charge is 0.234 e. The highest BCUT2D eigenvalue weighted by Crippen LogP contribution is 2.18. The highest BCUT2D eigenvalue weighted by Gasteiger charge is 2.21. The van der Waals surface area contributed by atoms with Gasteiger partial charge in [-0.15, -0.1) is 24.0 Å². The summed E-state index contributed by atoms with van der Waals surface area (Å²) in [7, 11) is 1.64. The van der Waals surface area contributed by atoms with Crippen molar-refractivity contribution in [3.8, 4) is 0 Å². The van der Waals surface area contributed by atoms with Crippen molar-refractivity contribution in [2.24, 2.45) is 4.99 Å². The maximum Gasteiger partial charge on any atom is 0.234 e. The SMILES string of the molecule is CCNC(=NCCCc1c[nH]c2ccccc12)N1CCN(CC(=O)NCCOC)CC1.I. The number of amides is 1. The Morgan fingerprint density at radius 3 is 2.72 bits per heavy atom. The molecule has 0 spiro atoms. The summed E-state index contributed by atoms with van der Waals surface area (Å²) in [5.74, 6) is 1.04. The fraction of sp³-hybridized carbons (Fsp3) is 0.565. The van der Waals surface area contributed by atoms with E-state index >= 15 is 0 Å². The first-order valence-corrected chi connectivity index (χ1v) is 11.3. The average Bonchev–Trinajstić information content (AvgIpc) is 3.20. The number of guanidine groups is 1. The predicted molar refractivity (Wildman–Crippen MR) is 141 cm³/mol. The average molecular weight is 556 g/mol. The summed E-state index contributed by atoms with van der Waals surface area (Å²) in [6.07, 6.45) is 4.14. The van der Waals surface area contributed by atoms with E-state index in [9.17, 15) is 4.79 Å². The van der Waals surface area contributed by atoms with E-state index in [1.54, 1.807) is 7.11 Å². The zero-order chi connectivity index (χ0) is 21.9. The molecule has 9 heteroatoms. The summed E-state index contributed by atoms with van der Waals surface area (Å²) in [6.45, 7) is 8.76. The van der Waals surface area contributed by atoms with Gasteiger partial charge < -0.3 is 25.3 Å². The van der Waals surface area contributed by atoms with Crippen LogP contribution in [0, 0.1) is 0 Å². The number of methoxy groups -OCH3 is 1. The number of hydrogen-bond acceptors (Lipinski definition) is 4. The number of carbonyl (C=O) groups excluding carboxylic acids is 1. The van der Waals surface area contributed by atoms with Gasteiger partial charge in [-0.3, -0.25) is 14.7 Å². The number of ether oxygens (including phenoxy) is 1. The second-order valence-corrected chi connectivity index (χ2v) is 7.80. The molecule has 0 saturated carbocycles. The standard InChI is InChI=1S/C23H36N6O2.HI/c1-3-24-23(26-10-6-7-19-17-27-21-9-5-4-8-20(19)21)29-14-12-28(13-15-29)18-22(30)25-11-16-31-2;/h4-5,8-9,17,27H,3,6-7,10-16,18H2,1-2H3,(H,24,26)(H,25,30);1H. The third-order valence-corrected chi connectivity index (χ3v) is 5.54. The summed E-state index contributed by atoms with van der Waals surface area (Å²) in [5.41, 5.74) is 2.55. The molecule has 2 aromatic rings.